The van der Waals surface area contributed by atoms with E-state index < -0.39 is 0 Å². The molecule has 4 aliphatic rings. The molecule has 3 aliphatic heterocycles. The number of aliphatic hydroxyl groups excluding tert-OH is 1. The number of likely N-dealkylation sites (tertiary alicyclic amines) is 1. The standard InChI is InChI=1S/C28H41N8O/c1-4-17(3)34-10-8-20(9-11-34)36-15-18(13-31-36)23-14-30-27(29)26-25(23)33-28(22(5-2)24-16-35(24)26)32-19-6-7-21(37)12-19/h13-15,17,19-21,24,32,37H,4-12,16H2,1-3H3,(H2,29,30)/q+1/t17?,19-,21+,24?/m1/s1. The van der Waals surface area contributed by atoms with Crippen molar-refractivity contribution in [2.75, 3.05) is 25.4 Å². The van der Waals surface area contributed by atoms with Crippen LogP contribution in [0, 0.1) is 0 Å². The number of anilines is 1. The van der Waals surface area contributed by atoms with Gasteiger partial charge in [0.25, 0.3) is 5.36 Å². The number of nitrogens with zero attached hydrogens (tertiary/aromatic N) is 6. The fourth-order valence-corrected chi connectivity index (χ4v) is 6.48. The Bertz CT molecular complexity index is 1320. The maximum atomic E-state index is 10.1. The third kappa shape index (κ3) is 4.56. The lowest BCUT2D eigenvalue weighted by atomic mass is 10.0. The molecule has 6 rings (SSSR count). The van der Waals surface area contributed by atoms with Crippen LogP contribution < -0.4 is 26.3 Å². The monoisotopic (exact) mass is 505 g/mol. The highest BCUT2D eigenvalue weighted by Gasteiger charge is 2.47. The summed E-state index contributed by atoms with van der Waals surface area (Å²) in [5, 5.41) is 20.4. The number of aliphatic hydroxyl groups is 1. The number of nitrogens with two attached hydrogens (primary N) is 1. The van der Waals surface area contributed by atoms with Crippen LogP contribution in [-0.2, 0) is 0 Å². The van der Waals surface area contributed by atoms with Gasteiger partial charge in [0, 0.05) is 54.3 Å². The fourth-order valence-electron chi connectivity index (χ4n) is 6.48. The van der Waals surface area contributed by atoms with Crippen molar-refractivity contribution in [3.8, 4) is 11.1 Å². The quantitative estimate of drug-likeness (QED) is 0.390. The van der Waals surface area contributed by atoms with Crippen molar-refractivity contribution in [1.82, 2.24) is 29.6 Å². The average Bonchev–Trinajstić information content (AvgIpc) is 3.33. The highest BCUT2D eigenvalue weighted by Crippen LogP contribution is 2.29. The molecule has 198 valence electrons. The van der Waals surface area contributed by atoms with Crippen molar-refractivity contribution in [3.05, 3.63) is 40.7 Å². The summed E-state index contributed by atoms with van der Waals surface area (Å²) in [5.41, 5.74) is 9.77. The first-order chi connectivity index (χ1) is 18.0. The fraction of sp³-hybridized carbons (Fsp3) is 0.643. The minimum Gasteiger partial charge on any atom is -0.393 e. The molecule has 5 heterocycles. The number of piperidine rings is 1. The Hall–Kier alpha value is -2.78. The summed E-state index contributed by atoms with van der Waals surface area (Å²) in [6, 6.07) is 1.61. The van der Waals surface area contributed by atoms with Gasteiger partial charge >= 0.3 is 0 Å². The largest absolute Gasteiger partial charge is 0.393 e. The number of nitrogens with one attached hydrogen (secondary N) is 1. The second kappa shape index (κ2) is 9.83. The molecule has 9 nitrogen and oxygen atoms in total. The van der Waals surface area contributed by atoms with Gasteiger partial charge in [-0.3, -0.25) is 4.68 Å². The molecule has 1 saturated carbocycles. The molecule has 3 fully saturated rings. The highest BCUT2D eigenvalue weighted by molar-refractivity contribution is 5.62. The number of hydrogen-bond acceptors (Lipinski definition) is 7. The normalized spacial score (nSPS) is 26.9. The molecular formula is C28H41N8O+. The Morgan fingerprint density at radius 1 is 1.19 bits per heavy atom. The number of pyridine rings is 1. The van der Waals surface area contributed by atoms with Crippen LogP contribution in [0.1, 0.15) is 71.8 Å². The van der Waals surface area contributed by atoms with Crippen molar-refractivity contribution in [1.29, 1.82) is 0 Å². The van der Waals surface area contributed by atoms with Gasteiger partial charge in [-0.05, 0) is 51.9 Å². The van der Waals surface area contributed by atoms with E-state index in [2.05, 4.69) is 51.4 Å². The smallest absolute Gasteiger partial charge is 0.270 e. The first-order valence-electron chi connectivity index (χ1n) is 14.2. The van der Waals surface area contributed by atoms with E-state index in [-0.39, 0.29) is 12.1 Å². The molecule has 0 bridgehead atoms. The molecular weight excluding hydrogens is 464 g/mol. The first kappa shape index (κ1) is 24.6. The number of hydrogen-bond donors (Lipinski definition) is 3. The van der Waals surface area contributed by atoms with E-state index in [4.69, 9.17) is 15.8 Å². The molecule has 2 saturated heterocycles. The van der Waals surface area contributed by atoms with Crippen LogP contribution in [0.15, 0.2) is 35.0 Å². The summed E-state index contributed by atoms with van der Waals surface area (Å²) >= 11 is 0. The highest BCUT2D eigenvalue weighted by atomic mass is 16.3. The Balaban J connectivity index is 1.35. The Labute approximate surface area is 218 Å². The molecule has 0 aromatic carbocycles. The zero-order valence-corrected chi connectivity index (χ0v) is 22.4. The van der Waals surface area contributed by atoms with Crippen molar-refractivity contribution in [3.63, 3.8) is 0 Å². The van der Waals surface area contributed by atoms with Crippen LogP contribution in [0.4, 0.5) is 5.82 Å². The van der Waals surface area contributed by atoms with E-state index in [0.717, 1.165) is 85.8 Å². The van der Waals surface area contributed by atoms with E-state index >= 15 is 0 Å². The molecule has 9 heteroatoms. The minimum atomic E-state index is -0.225. The van der Waals surface area contributed by atoms with E-state index in [9.17, 15) is 5.11 Å². The predicted molar refractivity (Wildman–Crippen MR) is 144 cm³/mol. The van der Waals surface area contributed by atoms with Crippen LogP contribution >= 0.6 is 0 Å². The molecule has 2 unspecified atom stereocenters. The third-order valence-corrected chi connectivity index (χ3v) is 9.01. The van der Waals surface area contributed by atoms with Gasteiger partial charge in [-0.1, -0.05) is 13.8 Å². The zero-order valence-electron chi connectivity index (χ0n) is 22.4. The molecule has 4 atom stereocenters. The average molecular weight is 506 g/mol. The predicted octanol–water partition coefficient (Wildman–Crippen LogP) is 1.59. The van der Waals surface area contributed by atoms with Crippen LogP contribution in [-0.4, -0.2) is 68.6 Å². The lowest BCUT2D eigenvalue weighted by Gasteiger charge is -2.35. The van der Waals surface area contributed by atoms with Gasteiger partial charge in [-0.15, -0.1) is 0 Å². The topological polar surface area (TPSA) is 108 Å². The molecule has 0 spiro atoms. The lowest BCUT2D eigenvalue weighted by Crippen LogP contribution is -2.40. The molecule has 2 aromatic rings. The summed E-state index contributed by atoms with van der Waals surface area (Å²) in [4.78, 5) is 12.4. The van der Waals surface area contributed by atoms with Gasteiger partial charge in [0.05, 0.1) is 18.3 Å². The molecule has 1 aliphatic carbocycles. The number of nitrogen functional groups attached to an aromatic ring is 1. The Kier molecular flexibility index (Phi) is 6.52. The number of aromatic nitrogens is 3. The van der Waals surface area contributed by atoms with Gasteiger partial charge in [-0.2, -0.15) is 5.10 Å². The second-order valence-corrected chi connectivity index (χ2v) is 11.3. The van der Waals surface area contributed by atoms with Crippen molar-refractivity contribution in [2.45, 2.75) is 96.0 Å². The summed E-state index contributed by atoms with van der Waals surface area (Å²) in [5.74, 6) is 1.48. The summed E-state index contributed by atoms with van der Waals surface area (Å²) in [7, 11) is 0. The summed E-state index contributed by atoms with van der Waals surface area (Å²) < 4.78 is 4.48. The van der Waals surface area contributed by atoms with Crippen molar-refractivity contribution >= 4 is 5.82 Å². The van der Waals surface area contributed by atoms with Gasteiger partial charge in [0.15, 0.2) is 5.82 Å². The van der Waals surface area contributed by atoms with Gasteiger partial charge < -0.3 is 21.1 Å². The SMILES string of the molecule is CCC1=C(N[C@@H]2CC[C@H](O)C2)N=c2c(-c3cnn(C4CCN(C(C)CC)CC4)c3)cnc(N)c2=[N+]2CC12. The van der Waals surface area contributed by atoms with Crippen LogP contribution in [0.3, 0.4) is 0 Å². The maximum Gasteiger partial charge on any atom is 0.270 e. The van der Waals surface area contributed by atoms with Crippen LogP contribution in [0.5, 0.6) is 0 Å². The van der Waals surface area contributed by atoms with Gasteiger partial charge in [-0.25, -0.2) is 14.6 Å². The summed E-state index contributed by atoms with van der Waals surface area (Å²) in [6.07, 6.45) is 12.7. The molecule has 37 heavy (non-hydrogen) atoms. The lowest BCUT2D eigenvalue weighted by molar-refractivity contribution is 0.136. The summed E-state index contributed by atoms with van der Waals surface area (Å²) in [6.45, 7) is 9.97. The Morgan fingerprint density at radius 3 is 2.70 bits per heavy atom. The van der Waals surface area contributed by atoms with E-state index in [1.165, 1.54) is 12.0 Å². The minimum absolute atomic E-state index is 0.225. The van der Waals surface area contributed by atoms with Crippen LogP contribution in [0.2, 0.25) is 0 Å². The van der Waals surface area contributed by atoms with Gasteiger partial charge in [0.2, 0.25) is 12.6 Å². The molecule has 2 aromatic heterocycles. The molecule has 0 amide bonds. The number of rotatable bonds is 7. The molecule has 4 N–H and O–H groups in total. The van der Waals surface area contributed by atoms with Gasteiger partial charge in [0.1, 0.15) is 11.2 Å². The maximum absolute atomic E-state index is 10.1. The second-order valence-electron chi connectivity index (χ2n) is 11.3. The first-order valence-corrected chi connectivity index (χ1v) is 14.2. The molecule has 0 radical (unpaired) electrons. The van der Waals surface area contributed by atoms with Crippen molar-refractivity contribution in [2.24, 2.45) is 4.99 Å². The Morgan fingerprint density at radius 2 is 2.00 bits per heavy atom. The third-order valence-electron chi connectivity index (χ3n) is 9.01. The number of fused-ring (bicyclic) bond motifs is 2. The van der Waals surface area contributed by atoms with E-state index in [0.29, 0.717) is 23.9 Å². The van der Waals surface area contributed by atoms with E-state index in [1.54, 1.807) is 0 Å². The van der Waals surface area contributed by atoms with Crippen molar-refractivity contribution < 1.29 is 5.11 Å². The zero-order chi connectivity index (χ0) is 25.7. The van der Waals surface area contributed by atoms with E-state index in [1.807, 2.05) is 12.4 Å². The van der Waals surface area contributed by atoms with Crippen LogP contribution in [0.25, 0.3) is 11.1 Å².